The molecule has 27 heavy (non-hydrogen) atoms. The number of thiazole rings is 1. The molecule has 4 rings (SSSR count). The molecule has 4 aromatic rings. The first-order valence-corrected chi connectivity index (χ1v) is 9.40. The van der Waals surface area contributed by atoms with Crippen LogP contribution in [0.5, 0.6) is 0 Å². The fourth-order valence-electron chi connectivity index (χ4n) is 2.92. The van der Waals surface area contributed by atoms with Crippen LogP contribution in [0.25, 0.3) is 22.2 Å². The standard InChI is InChI=1S/C21H17N3O2S/c1-13-22-19(12-27-13)14-6-8-17(9-7-14)23-20(25)11-16-10-15-4-2-3-5-18(15)24-21(16)26/h2-10,12H,11H2,1H3,(H,23,25)(H,24,26). The van der Waals surface area contributed by atoms with Crippen molar-refractivity contribution in [2.45, 2.75) is 13.3 Å². The highest BCUT2D eigenvalue weighted by Gasteiger charge is 2.09. The second-order valence-electron chi connectivity index (χ2n) is 6.27. The van der Waals surface area contributed by atoms with Gasteiger partial charge < -0.3 is 10.3 Å². The van der Waals surface area contributed by atoms with Crippen LogP contribution >= 0.6 is 11.3 Å². The molecule has 0 atom stereocenters. The zero-order valence-electron chi connectivity index (χ0n) is 14.7. The molecule has 0 bridgehead atoms. The second kappa shape index (κ2) is 7.17. The molecule has 134 valence electrons. The van der Waals surface area contributed by atoms with Crippen molar-refractivity contribution in [2.75, 3.05) is 5.32 Å². The van der Waals surface area contributed by atoms with Gasteiger partial charge in [0.2, 0.25) is 5.91 Å². The molecule has 2 heterocycles. The second-order valence-corrected chi connectivity index (χ2v) is 7.33. The monoisotopic (exact) mass is 375 g/mol. The highest BCUT2D eigenvalue weighted by atomic mass is 32.1. The summed E-state index contributed by atoms with van der Waals surface area (Å²) in [5.41, 5.74) is 3.59. The average molecular weight is 375 g/mol. The summed E-state index contributed by atoms with van der Waals surface area (Å²) >= 11 is 1.60. The van der Waals surface area contributed by atoms with Crippen LogP contribution in [0.1, 0.15) is 10.6 Å². The van der Waals surface area contributed by atoms with Crippen molar-refractivity contribution in [1.82, 2.24) is 9.97 Å². The number of benzene rings is 2. The lowest BCUT2D eigenvalue weighted by Crippen LogP contribution is -2.21. The van der Waals surface area contributed by atoms with Crippen LogP contribution in [-0.4, -0.2) is 15.9 Å². The molecule has 0 radical (unpaired) electrons. The molecular formula is C21H17N3O2S. The lowest BCUT2D eigenvalue weighted by Gasteiger charge is -2.07. The molecule has 2 aromatic heterocycles. The van der Waals surface area contributed by atoms with Gasteiger partial charge >= 0.3 is 0 Å². The number of amides is 1. The zero-order valence-corrected chi connectivity index (χ0v) is 15.5. The van der Waals surface area contributed by atoms with E-state index >= 15 is 0 Å². The van der Waals surface area contributed by atoms with Gasteiger partial charge in [-0.3, -0.25) is 9.59 Å². The van der Waals surface area contributed by atoms with Crippen molar-refractivity contribution >= 4 is 33.8 Å². The van der Waals surface area contributed by atoms with Crippen molar-refractivity contribution in [3.63, 3.8) is 0 Å². The number of H-pyrrole nitrogens is 1. The Labute approximate surface area is 159 Å². The van der Waals surface area contributed by atoms with Crippen molar-refractivity contribution in [3.8, 4) is 11.3 Å². The van der Waals surface area contributed by atoms with Crippen LogP contribution in [0.4, 0.5) is 5.69 Å². The maximum atomic E-state index is 12.4. The number of pyridine rings is 1. The molecule has 2 aromatic carbocycles. The molecule has 0 aliphatic heterocycles. The van der Waals surface area contributed by atoms with Crippen molar-refractivity contribution in [3.05, 3.63) is 80.9 Å². The summed E-state index contributed by atoms with van der Waals surface area (Å²) < 4.78 is 0. The van der Waals surface area contributed by atoms with Crippen LogP contribution in [0.15, 0.2) is 64.8 Å². The van der Waals surface area contributed by atoms with Gasteiger partial charge in [-0.15, -0.1) is 11.3 Å². The fraction of sp³-hybridized carbons (Fsp3) is 0.0952. The maximum Gasteiger partial charge on any atom is 0.252 e. The minimum atomic E-state index is -0.238. The number of carbonyl (C=O) groups excluding carboxylic acids is 1. The number of carbonyl (C=O) groups is 1. The number of nitrogens with zero attached hydrogens (tertiary/aromatic N) is 1. The molecule has 0 unspecified atom stereocenters. The lowest BCUT2D eigenvalue weighted by atomic mass is 10.1. The van der Waals surface area contributed by atoms with Crippen molar-refractivity contribution in [2.24, 2.45) is 0 Å². The Morgan fingerprint density at radius 2 is 1.93 bits per heavy atom. The zero-order chi connectivity index (χ0) is 18.8. The summed E-state index contributed by atoms with van der Waals surface area (Å²) in [5, 5.41) is 6.77. The predicted octanol–water partition coefficient (Wildman–Crippen LogP) is 4.14. The Bertz CT molecular complexity index is 1180. The van der Waals surface area contributed by atoms with Gasteiger partial charge in [-0.2, -0.15) is 0 Å². The first kappa shape index (κ1) is 17.2. The summed E-state index contributed by atoms with van der Waals surface area (Å²) in [6, 6.07) is 16.8. The normalized spacial score (nSPS) is 10.9. The van der Waals surface area contributed by atoms with Gasteiger partial charge in [0.15, 0.2) is 0 Å². The third kappa shape index (κ3) is 3.80. The van der Waals surface area contributed by atoms with E-state index in [9.17, 15) is 9.59 Å². The van der Waals surface area contributed by atoms with E-state index in [-0.39, 0.29) is 17.9 Å². The van der Waals surface area contributed by atoms with E-state index in [0.717, 1.165) is 27.2 Å². The quantitative estimate of drug-likeness (QED) is 0.563. The van der Waals surface area contributed by atoms with E-state index in [1.807, 2.05) is 60.8 Å². The fourth-order valence-corrected chi connectivity index (χ4v) is 3.54. The molecule has 0 aliphatic carbocycles. The summed E-state index contributed by atoms with van der Waals surface area (Å²) in [7, 11) is 0. The van der Waals surface area contributed by atoms with Gasteiger partial charge in [-0.1, -0.05) is 30.3 Å². The predicted molar refractivity (Wildman–Crippen MR) is 109 cm³/mol. The number of fused-ring (bicyclic) bond motifs is 1. The number of aromatic amines is 1. The largest absolute Gasteiger partial charge is 0.326 e. The van der Waals surface area contributed by atoms with Crippen LogP contribution < -0.4 is 10.9 Å². The number of rotatable bonds is 4. The Kier molecular flexibility index (Phi) is 4.56. The van der Waals surface area contributed by atoms with Crippen LogP contribution in [0.3, 0.4) is 0 Å². The third-order valence-electron chi connectivity index (χ3n) is 4.26. The van der Waals surface area contributed by atoms with Gasteiger partial charge in [0, 0.05) is 27.7 Å². The Morgan fingerprint density at radius 3 is 2.67 bits per heavy atom. The molecule has 2 N–H and O–H groups in total. The molecule has 0 aliphatic rings. The number of hydrogen-bond acceptors (Lipinski definition) is 4. The van der Waals surface area contributed by atoms with E-state index in [1.54, 1.807) is 17.4 Å². The lowest BCUT2D eigenvalue weighted by molar-refractivity contribution is -0.115. The Balaban J connectivity index is 1.48. The maximum absolute atomic E-state index is 12.4. The summed E-state index contributed by atoms with van der Waals surface area (Å²) in [6.45, 7) is 1.97. The first-order valence-electron chi connectivity index (χ1n) is 8.52. The topological polar surface area (TPSA) is 74.8 Å². The molecule has 0 fully saturated rings. The van der Waals surface area contributed by atoms with Gasteiger partial charge in [0.25, 0.3) is 5.56 Å². The molecule has 1 amide bonds. The van der Waals surface area contributed by atoms with E-state index in [1.165, 1.54) is 0 Å². The summed E-state index contributed by atoms with van der Waals surface area (Å²) in [5.74, 6) is -0.229. The SMILES string of the molecule is Cc1nc(-c2ccc(NC(=O)Cc3cc4ccccc4[nH]c3=O)cc2)cs1. The van der Waals surface area contributed by atoms with Gasteiger partial charge in [0.05, 0.1) is 17.1 Å². The number of para-hydroxylation sites is 1. The van der Waals surface area contributed by atoms with Gasteiger partial charge in [-0.25, -0.2) is 4.98 Å². The van der Waals surface area contributed by atoms with E-state index < -0.39 is 0 Å². The van der Waals surface area contributed by atoms with E-state index in [0.29, 0.717) is 11.3 Å². The smallest absolute Gasteiger partial charge is 0.252 e. The number of aromatic nitrogens is 2. The van der Waals surface area contributed by atoms with Gasteiger partial charge in [-0.05, 0) is 36.6 Å². The first-order chi connectivity index (χ1) is 13.1. The van der Waals surface area contributed by atoms with E-state index in [4.69, 9.17) is 0 Å². The Morgan fingerprint density at radius 1 is 1.15 bits per heavy atom. The van der Waals surface area contributed by atoms with Crippen LogP contribution in [0, 0.1) is 6.92 Å². The van der Waals surface area contributed by atoms with Gasteiger partial charge in [0.1, 0.15) is 0 Å². The number of aryl methyl sites for hydroxylation is 1. The molecule has 0 spiro atoms. The summed E-state index contributed by atoms with van der Waals surface area (Å²) in [6.07, 6.45) is 0.0210. The third-order valence-corrected chi connectivity index (χ3v) is 5.04. The Hall–Kier alpha value is -3.25. The minimum absolute atomic E-state index is 0.0210. The molecular weight excluding hydrogens is 358 g/mol. The highest BCUT2D eigenvalue weighted by molar-refractivity contribution is 7.09. The van der Waals surface area contributed by atoms with Crippen molar-refractivity contribution < 1.29 is 4.79 Å². The number of hydrogen-bond donors (Lipinski definition) is 2. The molecule has 0 saturated heterocycles. The molecule has 5 nitrogen and oxygen atoms in total. The number of nitrogens with one attached hydrogen (secondary N) is 2. The molecule has 6 heteroatoms. The number of anilines is 1. The van der Waals surface area contributed by atoms with Crippen molar-refractivity contribution in [1.29, 1.82) is 0 Å². The van der Waals surface area contributed by atoms with Crippen LogP contribution in [-0.2, 0) is 11.2 Å². The summed E-state index contributed by atoms with van der Waals surface area (Å²) in [4.78, 5) is 31.8. The van der Waals surface area contributed by atoms with Crippen LogP contribution in [0.2, 0.25) is 0 Å². The highest BCUT2D eigenvalue weighted by Crippen LogP contribution is 2.23. The molecule has 0 saturated carbocycles. The minimum Gasteiger partial charge on any atom is -0.326 e. The van der Waals surface area contributed by atoms with E-state index in [2.05, 4.69) is 15.3 Å². The average Bonchev–Trinajstić information content (AvgIpc) is 3.09.